The number of nitrogens with one attached hydrogen (secondary N) is 1. The predicted molar refractivity (Wildman–Crippen MR) is 98.6 cm³/mol. The van der Waals surface area contributed by atoms with Crippen LogP contribution in [0, 0.1) is 0 Å². The van der Waals surface area contributed by atoms with Crippen LogP contribution in [0.25, 0.3) is 10.6 Å². The van der Waals surface area contributed by atoms with Crippen molar-refractivity contribution in [3.63, 3.8) is 0 Å². The molecule has 1 amide bonds. The first-order valence-electron chi connectivity index (χ1n) is 6.54. The van der Waals surface area contributed by atoms with Gasteiger partial charge in [-0.2, -0.15) is 0 Å². The first kappa shape index (κ1) is 18.8. The van der Waals surface area contributed by atoms with Gasteiger partial charge in [0.25, 0.3) is 5.91 Å². The number of rotatable bonds is 6. The summed E-state index contributed by atoms with van der Waals surface area (Å²) in [6.45, 7) is -0.441. The molecule has 2 rings (SSSR count). The van der Waals surface area contributed by atoms with Crippen molar-refractivity contribution in [2.75, 3.05) is 13.2 Å². The summed E-state index contributed by atoms with van der Waals surface area (Å²) in [5, 5.41) is 22.0. The minimum absolute atomic E-state index is 0.0296. The average molecular weight is 485 g/mol. The topological polar surface area (TPSA) is 82.5 Å². The van der Waals surface area contributed by atoms with Crippen LogP contribution in [0.4, 0.5) is 0 Å². The Morgan fingerprint density at radius 3 is 2.57 bits per heavy atom. The summed E-state index contributed by atoms with van der Waals surface area (Å²) in [5.74, 6) is -0.353. The Kier molecular flexibility index (Phi) is 7.00. The van der Waals surface area contributed by atoms with E-state index < -0.39 is 12.7 Å². The molecule has 23 heavy (non-hydrogen) atoms. The molecule has 0 bridgehead atoms. The van der Waals surface area contributed by atoms with Crippen molar-refractivity contribution in [3.8, 4) is 10.6 Å². The number of hydrogen-bond donors (Lipinski definition) is 3. The maximum atomic E-state index is 12.3. The van der Waals surface area contributed by atoms with E-state index in [0.717, 1.165) is 5.56 Å². The summed E-state index contributed by atoms with van der Waals surface area (Å²) in [7, 11) is 0. The molecule has 0 unspecified atom stereocenters. The van der Waals surface area contributed by atoms with Gasteiger partial charge in [0.2, 0.25) is 0 Å². The highest BCUT2D eigenvalue weighted by molar-refractivity contribution is 9.24. The molecule has 1 aromatic heterocycles. The molecule has 1 heterocycles. The first-order chi connectivity index (χ1) is 10.9. The maximum Gasteiger partial charge on any atom is 0.263 e. The van der Waals surface area contributed by atoms with E-state index in [0.29, 0.717) is 20.6 Å². The number of amides is 1. The molecule has 0 aliphatic rings. The van der Waals surface area contributed by atoms with Crippen molar-refractivity contribution < 1.29 is 15.0 Å². The van der Waals surface area contributed by atoms with Crippen molar-refractivity contribution in [2.24, 2.45) is 0 Å². The smallest absolute Gasteiger partial charge is 0.263 e. The normalized spacial score (nSPS) is 12.4. The van der Waals surface area contributed by atoms with E-state index in [4.69, 9.17) is 16.7 Å². The Morgan fingerprint density at radius 2 is 2.00 bits per heavy atom. The van der Waals surface area contributed by atoms with E-state index in [2.05, 4.69) is 42.2 Å². The molecule has 124 valence electrons. The minimum atomic E-state index is -0.991. The van der Waals surface area contributed by atoms with Gasteiger partial charge in [-0.05, 0) is 12.1 Å². The number of thiazole rings is 1. The van der Waals surface area contributed by atoms with E-state index in [-0.39, 0.29) is 16.2 Å². The number of hydrogen-bond acceptors (Lipinski definition) is 5. The maximum absolute atomic E-state index is 12.3. The summed E-state index contributed by atoms with van der Waals surface area (Å²) < 4.78 is -0.282. The van der Waals surface area contributed by atoms with E-state index >= 15 is 0 Å². The Hall–Kier alpha value is -0.510. The second-order valence-corrected chi connectivity index (χ2v) is 9.08. The molecular formula is C14H13Br2ClN2O3S. The highest BCUT2D eigenvalue weighted by Crippen LogP contribution is 2.37. The van der Waals surface area contributed by atoms with Crippen LogP contribution in [-0.4, -0.2) is 40.4 Å². The number of aromatic nitrogens is 1. The third kappa shape index (κ3) is 4.98. The molecule has 1 atom stereocenters. The van der Waals surface area contributed by atoms with Crippen molar-refractivity contribution in [2.45, 2.75) is 9.84 Å². The largest absolute Gasteiger partial charge is 0.394 e. The molecule has 0 saturated heterocycles. The lowest BCUT2D eigenvalue weighted by atomic mass is 10.2. The molecule has 3 N–H and O–H groups in total. The number of halogens is 3. The van der Waals surface area contributed by atoms with Gasteiger partial charge in [0.05, 0.1) is 18.4 Å². The highest BCUT2D eigenvalue weighted by atomic mass is 79.9. The molecule has 1 aromatic carbocycles. The summed E-state index contributed by atoms with van der Waals surface area (Å²) in [4.78, 5) is 17.2. The van der Waals surface area contributed by atoms with Crippen LogP contribution in [0.5, 0.6) is 0 Å². The Balaban J connectivity index is 2.28. The van der Waals surface area contributed by atoms with Gasteiger partial charge in [0.1, 0.15) is 13.6 Å². The zero-order valence-electron chi connectivity index (χ0n) is 11.7. The van der Waals surface area contributed by atoms with Gasteiger partial charge in [-0.1, -0.05) is 55.6 Å². The summed E-state index contributed by atoms with van der Waals surface area (Å²) in [5.41, 5.74) is 1.41. The first-order valence-corrected chi connectivity index (χ1v) is 9.57. The number of carbonyl (C=O) groups excluding carboxylic acids is 1. The number of aliphatic hydroxyl groups excluding tert-OH is 2. The molecular weight excluding hydrogens is 471 g/mol. The van der Waals surface area contributed by atoms with Crippen LogP contribution < -0.4 is 5.32 Å². The number of carbonyl (C=O) groups is 1. The van der Waals surface area contributed by atoms with Gasteiger partial charge < -0.3 is 15.5 Å². The Labute approximate surface area is 159 Å². The third-order valence-corrected chi connectivity index (χ3v) is 5.10. The lowest BCUT2D eigenvalue weighted by Crippen LogP contribution is -2.33. The van der Waals surface area contributed by atoms with E-state index in [1.807, 2.05) is 12.1 Å². The van der Waals surface area contributed by atoms with Crippen LogP contribution in [0.3, 0.4) is 0 Å². The van der Waals surface area contributed by atoms with Gasteiger partial charge in [-0.25, -0.2) is 4.98 Å². The molecule has 0 aliphatic heterocycles. The van der Waals surface area contributed by atoms with E-state index in [9.17, 15) is 9.90 Å². The highest BCUT2D eigenvalue weighted by Gasteiger charge is 2.22. The third-order valence-electron chi connectivity index (χ3n) is 2.87. The molecule has 0 aliphatic carbocycles. The second-order valence-electron chi connectivity index (χ2n) is 4.59. The fraction of sp³-hybridized carbons (Fsp3) is 0.286. The standard InChI is InChI=1S/C14H13Br2ClN2O3S/c15-12(16)10-11(13(22)18-5-9(21)6-20)23-14(19-10)7-1-3-8(17)4-2-7/h1-4,9,12,20-21H,5-6H2,(H,18,22)/t9-/m1/s1. The van der Waals surface area contributed by atoms with Crippen molar-refractivity contribution in [1.82, 2.24) is 10.3 Å². The van der Waals surface area contributed by atoms with Crippen LogP contribution >= 0.6 is 54.8 Å². The van der Waals surface area contributed by atoms with E-state index in [1.54, 1.807) is 12.1 Å². The number of aliphatic hydroxyl groups is 2. The fourth-order valence-electron chi connectivity index (χ4n) is 1.71. The minimum Gasteiger partial charge on any atom is -0.394 e. The van der Waals surface area contributed by atoms with Crippen molar-refractivity contribution in [1.29, 1.82) is 0 Å². The zero-order valence-corrected chi connectivity index (χ0v) is 16.4. The number of nitrogens with zero attached hydrogens (tertiary/aromatic N) is 1. The summed E-state index contributed by atoms with van der Waals surface area (Å²) >= 11 is 13.9. The van der Waals surface area contributed by atoms with Crippen molar-refractivity contribution >= 4 is 60.7 Å². The van der Waals surface area contributed by atoms with Gasteiger partial charge in [0.15, 0.2) is 0 Å². The SMILES string of the molecule is O=C(NC[C@@H](O)CO)c1sc(-c2ccc(Cl)cc2)nc1C(Br)Br. The van der Waals surface area contributed by atoms with Gasteiger partial charge >= 0.3 is 0 Å². The van der Waals surface area contributed by atoms with Crippen LogP contribution in [0.1, 0.15) is 19.1 Å². The number of alkyl halides is 2. The van der Waals surface area contributed by atoms with Gasteiger partial charge in [-0.15, -0.1) is 11.3 Å². The predicted octanol–water partition coefficient (Wildman–Crippen LogP) is 3.33. The lowest BCUT2D eigenvalue weighted by molar-refractivity contribution is 0.0804. The summed E-state index contributed by atoms with van der Waals surface area (Å²) in [6.07, 6.45) is -0.991. The van der Waals surface area contributed by atoms with Gasteiger partial charge in [-0.3, -0.25) is 4.79 Å². The lowest BCUT2D eigenvalue weighted by Gasteiger charge is -2.08. The average Bonchev–Trinajstić information content (AvgIpc) is 2.98. The number of benzene rings is 1. The molecule has 5 nitrogen and oxygen atoms in total. The van der Waals surface area contributed by atoms with Crippen LogP contribution in [0.2, 0.25) is 5.02 Å². The molecule has 0 fully saturated rings. The van der Waals surface area contributed by atoms with Crippen molar-refractivity contribution in [3.05, 3.63) is 39.9 Å². The van der Waals surface area contributed by atoms with E-state index in [1.165, 1.54) is 11.3 Å². The Bertz CT molecular complexity index is 679. The molecule has 9 heteroatoms. The quantitative estimate of drug-likeness (QED) is 0.550. The van der Waals surface area contributed by atoms with Crippen LogP contribution in [0.15, 0.2) is 24.3 Å². The van der Waals surface area contributed by atoms with Gasteiger partial charge in [0, 0.05) is 17.1 Å². The Morgan fingerprint density at radius 1 is 1.35 bits per heavy atom. The molecule has 0 radical (unpaired) electrons. The summed E-state index contributed by atoms with van der Waals surface area (Å²) in [6, 6.07) is 7.18. The fourth-order valence-corrected chi connectivity index (χ4v) is 3.83. The molecule has 0 spiro atoms. The second kappa shape index (κ2) is 8.55. The zero-order chi connectivity index (χ0) is 17.0. The molecule has 0 saturated carbocycles. The molecule has 2 aromatic rings. The van der Waals surface area contributed by atoms with Crippen LogP contribution in [-0.2, 0) is 0 Å². The monoisotopic (exact) mass is 482 g/mol.